The van der Waals surface area contributed by atoms with E-state index >= 15 is 0 Å². The molecule has 0 spiro atoms. The minimum absolute atomic E-state index is 0.109. The lowest BCUT2D eigenvalue weighted by molar-refractivity contribution is -0.123. The van der Waals surface area contributed by atoms with E-state index < -0.39 is 5.91 Å². The predicted octanol–water partition coefficient (Wildman–Crippen LogP) is 3.03. The quantitative estimate of drug-likeness (QED) is 0.412. The molecule has 7 heteroatoms. The Hall–Kier alpha value is -3.21. The maximum absolute atomic E-state index is 11.4. The Kier molecular flexibility index (Phi) is 5.27. The van der Waals surface area contributed by atoms with Crippen molar-refractivity contribution in [3.05, 3.63) is 59.0 Å². The fourth-order valence-corrected chi connectivity index (χ4v) is 3.11. The minimum Gasteiger partial charge on any atom is -0.467 e. The second-order valence-corrected chi connectivity index (χ2v) is 6.49. The number of aryl methyl sites for hydroxylation is 1. The Labute approximate surface area is 154 Å². The number of hydrogen-bond donors (Lipinski definition) is 2. The van der Waals surface area contributed by atoms with Gasteiger partial charge in [0.05, 0.1) is 10.6 Å². The predicted molar refractivity (Wildman–Crippen MR) is 100 cm³/mol. The van der Waals surface area contributed by atoms with E-state index in [4.69, 9.17) is 10.6 Å². The number of nitrogens with zero attached hydrogens (tertiary/aromatic N) is 2. The van der Waals surface area contributed by atoms with Gasteiger partial charge in [-0.15, -0.1) is 11.3 Å². The number of nitriles is 1. The third-order valence-corrected chi connectivity index (χ3v) is 4.63. The fraction of sp³-hybridized carbons (Fsp3) is 0.105. The van der Waals surface area contributed by atoms with Crippen molar-refractivity contribution in [2.24, 2.45) is 5.84 Å². The molecule has 6 nitrogen and oxygen atoms in total. The maximum atomic E-state index is 11.4. The number of benzene rings is 1. The zero-order valence-corrected chi connectivity index (χ0v) is 14.8. The number of hydrazine groups is 1. The first-order valence-electron chi connectivity index (χ1n) is 7.80. The van der Waals surface area contributed by atoms with Crippen LogP contribution in [0, 0.1) is 18.3 Å². The fourth-order valence-electron chi connectivity index (χ4n) is 2.42. The molecule has 0 saturated heterocycles. The number of nitrogens with one attached hydrogen (secondary N) is 1. The van der Waals surface area contributed by atoms with E-state index in [1.165, 1.54) is 11.3 Å². The molecule has 0 bridgehead atoms. The minimum atomic E-state index is -0.505. The Morgan fingerprint density at radius 2 is 2.12 bits per heavy atom. The lowest BCUT2D eigenvalue weighted by Gasteiger charge is -2.12. The van der Waals surface area contributed by atoms with Crippen molar-refractivity contribution in [2.45, 2.75) is 6.92 Å². The van der Waals surface area contributed by atoms with Gasteiger partial charge in [0.2, 0.25) is 5.88 Å². The standard InChI is InChI=1S/C19H16N4O2S/c1-12-4-6-13(7-5-12)14-9-16(17-3-2-8-26-17)22-19(15(14)10-20)25-11-18(24)23-21/h2-9H,11,21H2,1H3,(H,23,24). The van der Waals surface area contributed by atoms with Crippen LogP contribution in [-0.2, 0) is 4.79 Å². The van der Waals surface area contributed by atoms with Gasteiger partial charge in [0.15, 0.2) is 6.61 Å². The summed E-state index contributed by atoms with van der Waals surface area (Å²) in [6, 6.07) is 15.7. The van der Waals surface area contributed by atoms with Gasteiger partial charge in [-0.05, 0) is 30.0 Å². The number of carbonyl (C=O) groups is 1. The Morgan fingerprint density at radius 1 is 1.35 bits per heavy atom. The van der Waals surface area contributed by atoms with Crippen LogP contribution >= 0.6 is 11.3 Å². The van der Waals surface area contributed by atoms with Gasteiger partial charge in [-0.2, -0.15) is 5.26 Å². The summed E-state index contributed by atoms with van der Waals surface area (Å²) in [6.45, 7) is 1.68. The molecule has 130 valence electrons. The number of aromatic nitrogens is 1. The first-order chi connectivity index (χ1) is 12.6. The number of pyridine rings is 1. The molecule has 3 aromatic rings. The molecule has 2 aromatic heterocycles. The molecule has 0 aliphatic carbocycles. The molecule has 3 rings (SSSR count). The second kappa shape index (κ2) is 7.78. The molecule has 0 saturated carbocycles. The van der Waals surface area contributed by atoms with Crippen molar-refractivity contribution in [1.29, 1.82) is 5.26 Å². The molecule has 3 N–H and O–H groups in total. The highest BCUT2D eigenvalue weighted by Gasteiger charge is 2.17. The largest absolute Gasteiger partial charge is 0.467 e. The molecule has 0 unspecified atom stereocenters. The third-order valence-electron chi connectivity index (χ3n) is 3.74. The topological polar surface area (TPSA) is 101 Å². The smallest absolute Gasteiger partial charge is 0.271 e. The zero-order valence-electron chi connectivity index (χ0n) is 14.0. The van der Waals surface area contributed by atoms with Gasteiger partial charge < -0.3 is 4.74 Å². The van der Waals surface area contributed by atoms with Crippen LogP contribution in [-0.4, -0.2) is 17.5 Å². The number of thiophene rings is 1. The Bertz CT molecular complexity index is 960. The third kappa shape index (κ3) is 3.72. The van der Waals surface area contributed by atoms with Crippen LogP contribution < -0.4 is 16.0 Å². The summed E-state index contributed by atoms with van der Waals surface area (Å²) >= 11 is 1.53. The second-order valence-electron chi connectivity index (χ2n) is 5.55. The first kappa shape index (κ1) is 17.6. The SMILES string of the molecule is Cc1ccc(-c2cc(-c3cccs3)nc(OCC(=O)NN)c2C#N)cc1. The van der Waals surface area contributed by atoms with E-state index in [0.29, 0.717) is 11.3 Å². The number of ether oxygens (including phenoxy) is 1. The summed E-state index contributed by atoms with van der Waals surface area (Å²) in [7, 11) is 0. The summed E-state index contributed by atoms with van der Waals surface area (Å²) in [6.07, 6.45) is 0. The summed E-state index contributed by atoms with van der Waals surface area (Å²) < 4.78 is 5.48. The van der Waals surface area contributed by atoms with Gasteiger partial charge in [0.25, 0.3) is 5.91 Å². The summed E-state index contributed by atoms with van der Waals surface area (Å²) in [5, 5.41) is 11.6. The zero-order chi connectivity index (χ0) is 18.5. The normalized spacial score (nSPS) is 10.2. The highest BCUT2D eigenvalue weighted by molar-refractivity contribution is 7.13. The van der Waals surface area contributed by atoms with Crippen LogP contribution in [0.3, 0.4) is 0 Å². The van der Waals surface area contributed by atoms with Gasteiger partial charge in [-0.25, -0.2) is 10.8 Å². The Morgan fingerprint density at radius 3 is 2.73 bits per heavy atom. The van der Waals surface area contributed by atoms with Crippen LogP contribution in [0.25, 0.3) is 21.7 Å². The van der Waals surface area contributed by atoms with Crippen molar-refractivity contribution in [2.75, 3.05) is 6.61 Å². The van der Waals surface area contributed by atoms with E-state index in [-0.39, 0.29) is 18.1 Å². The van der Waals surface area contributed by atoms with E-state index in [1.54, 1.807) is 0 Å². The van der Waals surface area contributed by atoms with Gasteiger partial charge in [-0.1, -0.05) is 35.9 Å². The van der Waals surface area contributed by atoms with Crippen molar-refractivity contribution in [3.8, 4) is 33.6 Å². The van der Waals surface area contributed by atoms with E-state index in [0.717, 1.165) is 16.0 Å². The van der Waals surface area contributed by atoms with E-state index in [1.807, 2.05) is 60.2 Å². The molecule has 0 fully saturated rings. The van der Waals surface area contributed by atoms with Crippen molar-refractivity contribution < 1.29 is 9.53 Å². The number of carbonyl (C=O) groups excluding carboxylic acids is 1. The molecular weight excluding hydrogens is 348 g/mol. The molecule has 2 heterocycles. The van der Waals surface area contributed by atoms with Gasteiger partial charge in [0, 0.05) is 5.56 Å². The summed E-state index contributed by atoms with van der Waals surface area (Å²) in [5.41, 5.74) is 5.65. The number of hydrogen-bond acceptors (Lipinski definition) is 6. The average molecular weight is 364 g/mol. The summed E-state index contributed by atoms with van der Waals surface area (Å²) in [4.78, 5) is 16.8. The van der Waals surface area contributed by atoms with Crippen molar-refractivity contribution >= 4 is 17.2 Å². The van der Waals surface area contributed by atoms with Crippen LogP contribution in [0.15, 0.2) is 47.8 Å². The van der Waals surface area contributed by atoms with Gasteiger partial charge in [0.1, 0.15) is 11.6 Å². The Balaban J connectivity index is 2.14. The average Bonchev–Trinajstić information content (AvgIpc) is 3.20. The highest BCUT2D eigenvalue weighted by Crippen LogP contribution is 2.34. The van der Waals surface area contributed by atoms with Crippen molar-refractivity contribution in [1.82, 2.24) is 10.4 Å². The molecule has 1 amide bonds. The monoisotopic (exact) mass is 364 g/mol. The summed E-state index contributed by atoms with van der Waals surface area (Å²) in [5.74, 6) is 4.69. The molecule has 1 aromatic carbocycles. The van der Waals surface area contributed by atoms with E-state index in [9.17, 15) is 10.1 Å². The molecule has 0 atom stereocenters. The van der Waals surface area contributed by atoms with Crippen LogP contribution in [0.4, 0.5) is 0 Å². The van der Waals surface area contributed by atoms with Crippen LogP contribution in [0.5, 0.6) is 5.88 Å². The maximum Gasteiger partial charge on any atom is 0.271 e. The lowest BCUT2D eigenvalue weighted by atomic mass is 9.99. The molecule has 0 aliphatic rings. The number of rotatable bonds is 5. The molecule has 0 aliphatic heterocycles. The molecule has 26 heavy (non-hydrogen) atoms. The lowest BCUT2D eigenvalue weighted by Crippen LogP contribution is -2.34. The first-order valence-corrected chi connectivity index (χ1v) is 8.68. The van der Waals surface area contributed by atoms with Crippen LogP contribution in [0.2, 0.25) is 0 Å². The van der Waals surface area contributed by atoms with Crippen LogP contribution in [0.1, 0.15) is 11.1 Å². The van der Waals surface area contributed by atoms with Gasteiger partial charge >= 0.3 is 0 Å². The van der Waals surface area contributed by atoms with Crippen molar-refractivity contribution in [3.63, 3.8) is 0 Å². The molecule has 0 radical (unpaired) electrons. The number of amides is 1. The highest BCUT2D eigenvalue weighted by atomic mass is 32.1. The molecular formula is C19H16N4O2S. The number of nitrogens with two attached hydrogens (primary N) is 1. The van der Waals surface area contributed by atoms with Gasteiger partial charge in [-0.3, -0.25) is 10.2 Å². The van der Waals surface area contributed by atoms with E-state index in [2.05, 4.69) is 11.1 Å².